The molecule has 0 N–H and O–H groups in total. The van der Waals surface area contributed by atoms with Gasteiger partial charge >= 0.3 is 0 Å². The predicted octanol–water partition coefficient (Wildman–Crippen LogP) is 2.44. The van der Waals surface area contributed by atoms with Crippen molar-refractivity contribution in [2.45, 2.75) is 13.3 Å². The summed E-state index contributed by atoms with van der Waals surface area (Å²) in [7, 11) is 0. The average Bonchev–Trinajstić information content (AvgIpc) is 2.66. The van der Waals surface area contributed by atoms with Gasteiger partial charge in [-0.25, -0.2) is 0 Å². The fourth-order valence-electron chi connectivity index (χ4n) is 1.57. The normalized spacial score (nSPS) is 13.0. The number of rotatable bonds is 2. The maximum Gasteiger partial charge on any atom is 0.231 e. The van der Waals surface area contributed by atoms with E-state index in [-0.39, 0.29) is 6.79 Å². The van der Waals surface area contributed by atoms with Gasteiger partial charge in [-0.1, -0.05) is 18.5 Å². The fourth-order valence-corrected chi connectivity index (χ4v) is 1.83. The molecule has 0 unspecified atom stereocenters. The lowest BCUT2D eigenvalue weighted by atomic mass is 10.0. The van der Waals surface area contributed by atoms with Crippen molar-refractivity contribution in [3.8, 4) is 11.5 Å². The van der Waals surface area contributed by atoms with Crippen LogP contribution in [0.3, 0.4) is 0 Å². The molecule has 0 radical (unpaired) electrons. The highest BCUT2D eigenvalue weighted by Gasteiger charge is 2.23. The van der Waals surface area contributed by atoms with Gasteiger partial charge in [0.15, 0.2) is 17.8 Å². The summed E-state index contributed by atoms with van der Waals surface area (Å²) in [6, 6.07) is 1.61. The molecule has 2 rings (SSSR count). The highest BCUT2D eigenvalue weighted by molar-refractivity contribution is 6.32. The second-order valence-corrected chi connectivity index (χ2v) is 3.37. The molecule has 0 saturated heterocycles. The van der Waals surface area contributed by atoms with Crippen LogP contribution in [0, 0.1) is 0 Å². The first kappa shape index (κ1) is 9.34. The second kappa shape index (κ2) is 3.50. The summed E-state index contributed by atoms with van der Waals surface area (Å²) in [4.78, 5) is 10.8. The first-order valence-electron chi connectivity index (χ1n) is 4.34. The van der Waals surface area contributed by atoms with Crippen LogP contribution in [0.15, 0.2) is 6.07 Å². The van der Waals surface area contributed by atoms with Gasteiger partial charge in [-0.05, 0) is 12.5 Å². The van der Waals surface area contributed by atoms with Crippen LogP contribution in [0.1, 0.15) is 22.8 Å². The molecule has 0 saturated carbocycles. The summed E-state index contributed by atoms with van der Waals surface area (Å²) in [6.45, 7) is 2.13. The number of halogens is 1. The SMILES string of the molecule is CCc1c(C=O)cc(Cl)c2c1OCO2. The van der Waals surface area contributed by atoms with Crippen molar-refractivity contribution in [3.05, 3.63) is 22.2 Å². The van der Waals surface area contributed by atoms with Gasteiger partial charge in [0.2, 0.25) is 6.79 Å². The minimum absolute atomic E-state index is 0.171. The Balaban J connectivity index is 2.67. The molecule has 0 aliphatic carbocycles. The molecule has 74 valence electrons. The monoisotopic (exact) mass is 212 g/mol. The van der Waals surface area contributed by atoms with Crippen LogP contribution >= 0.6 is 11.6 Å². The Kier molecular flexibility index (Phi) is 2.33. The maximum atomic E-state index is 10.8. The Labute approximate surface area is 86.6 Å². The lowest BCUT2D eigenvalue weighted by Gasteiger charge is -2.07. The second-order valence-electron chi connectivity index (χ2n) is 2.96. The zero-order valence-electron chi connectivity index (χ0n) is 7.67. The standard InChI is InChI=1S/C10H9ClO3/c1-2-7-6(4-12)3-8(11)10-9(7)13-5-14-10/h3-4H,2,5H2,1H3. The van der Waals surface area contributed by atoms with Crippen molar-refractivity contribution in [2.24, 2.45) is 0 Å². The van der Waals surface area contributed by atoms with Crippen LogP contribution in [0.4, 0.5) is 0 Å². The van der Waals surface area contributed by atoms with Crippen molar-refractivity contribution in [1.82, 2.24) is 0 Å². The van der Waals surface area contributed by atoms with Gasteiger partial charge in [0, 0.05) is 11.1 Å². The summed E-state index contributed by atoms with van der Waals surface area (Å²) in [5.74, 6) is 1.16. The summed E-state index contributed by atoms with van der Waals surface area (Å²) < 4.78 is 10.5. The predicted molar refractivity (Wildman–Crippen MR) is 52.3 cm³/mol. The molecule has 1 aromatic rings. The molecule has 4 heteroatoms. The van der Waals surface area contributed by atoms with Crippen LogP contribution in [0.5, 0.6) is 11.5 Å². The zero-order chi connectivity index (χ0) is 10.1. The molecule has 3 nitrogen and oxygen atoms in total. The fraction of sp³-hybridized carbons (Fsp3) is 0.300. The first-order valence-corrected chi connectivity index (χ1v) is 4.71. The molecule has 0 atom stereocenters. The van der Waals surface area contributed by atoms with Gasteiger partial charge in [0.05, 0.1) is 5.02 Å². The van der Waals surface area contributed by atoms with E-state index in [2.05, 4.69) is 0 Å². The Morgan fingerprint density at radius 2 is 2.21 bits per heavy atom. The summed E-state index contributed by atoms with van der Waals surface area (Å²) >= 11 is 5.92. The smallest absolute Gasteiger partial charge is 0.231 e. The summed E-state index contributed by atoms with van der Waals surface area (Å²) in [5, 5.41) is 0.428. The molecule has 1 heterocycles. The van der Waals surface area contributed by atoms with Gasteiger partial charge in [0.1, 0.15) is 0 Å². The largest absolute Gasteiger partial charge is 0.453 e. The number of carbonyl (C=O) groups is 1. The van der Waals surface area contributed by atoms with Gasteiger partial charge in [-0.15, -0.1) is 0 Å². The molecule has 0 spiro atoms. The first-order chi connectivity index (χ1) is 6.77. The third-order valence-electron chi connectivity index (χ3n) is 2.21. The van der Waals surface area contributed by atoms with E-state index in [1.807, 2.05) is 6.92 Å². The van der Waals surface area contributed by atoms with Crippen molar-refractivity contribution < 1.29 is 14.3 Å². The van der Waals surface area contributed by atoms with E-state index in [1.165, 1.54) is 0 Å². The Morgan fingerprint density at radius 1 is 1.50 bits per heavy atom. The van der Waals surface area contributed by atoms with Crippen LogP contribution < -0.4 is 9.47 Å². The number of fused-ring (bicyclic) bond motifs is 1. The number of hydrogen-bond donors (Lipinski definition) is 0. The van der Waals surface area contributed by atoms with Crippen molar-refractivity contribution in [2.75, 3.05) is 6.79 Å². The quantitative estimate of drug-likeness (QED) is 0.707. The highest BCUT2D eigenvalue weighted by atomic mass is 35.5. The Hall–Kier alpha value is -1.22. The van der Waals surface area contributed by atoms with E-state index < -0.39 is 0 Å². The van der Waals surface area contributed by atoms with Gasteiger partial charge in [-0.2, -0.15) is 0 Å². The number of ether oxygens (including phenoxy) is 2. The summed E-state index contributed by atoms with van der Waals surface area (Å²) in [5.41, 5.74) is 1.43. The van der Waals surface area contributed by atoms with Crippen molar-refractivity contribution in [1.29, 1.82) is 0 Å². The minimum atomic E-state index is 0.171. The van der Waals surface area contributed by atoms with Crippen LogP contribution in [-0.4, -0.2) is 13.1 Å². The number of aldehydes is 1. The number of benzene rings is 1. The minimum Gasteiger partial charge on any atom is -0.453 e. The van der Waals surface area contributed by atoms with Crippen LogP contribution in [0.25, 0.3) is 0 Å². The number of carbonyl (C=O) groups excluding carboxylic acids is 1. The van der Waals surface area contributed by atoms with E-state index in [1.54, 1.807) is 6.07 Å². The van der Waals surface area contributed by atoms with E-state index >= 15 is 0 Å². The molecule has 0 bridgehead atoms. The molecule has 0 fully saturated rings. The number of hydrogen-bond acceptors (Lipinski definition) is 3. The molecule has 0 amide bonds. The van der Waals surface area contributed by atoms with E-state index in [9.17, 15) is 4.79 Å². The molecule has 1 aromatic carbocycles. The van der Waals surface area contributed by atoms with Gasteiger partial charge < -0.3 is 9.47 Å². The highest BCUT2D eigenvalue weighted by Crippen LogP contribution is 2.43. The molecule has 14 heavy (non-hydrogen) atoms. The van der Waals surface area contributed by atoms with Crippen LogP contribution in [-0.2, 0) is 6.42 Å². The lowest BCUT2D eigenvalue weighted by molar-refractivity contribution is 0.112. The molecule has 1 aliphatic rings. The topological polar surface area (TPSA) is 35.5 Å². The van der Waals surface area contributed by atoms with Gasteiger partial charge in [0.25, 0.3) is 0 Å². The Morgan fingerprint density at radius 3 is 2.86 bits per heavy atom. The zero-order valence-corrected chi connectivity index (χ0v) is 8.43. The van der Waals surface area contributed by atoms with Crippen molar-refractivity contribution in [3.63, 3.8) is 0 Å². The third-order valence-corrected chi connectivity index (χ3v) is 2.50. The Bertz CT molecular complexity index is 387. The van der Waals surface area contributed by atoms with Crippen molar-refractivity contribution >= 4 is 17.9 Å². The van der Waals surface area contributed by atoms with E-state index in [0.29, 0.717) is 22.1 Å². The summed E-state index contributed by atoms with van der Waals surface area (Å²) in [6.07, 6.45) is 1.50. The maximum absolute atomic E-state index is 10.8. The van der Waals surface area contributed by atoms with Crippen LogP contribution in [0.2, 0.25) is 5.02 Å². The average molecular weight is 213 g/mol. The lowest BCUT2D eigenvalue weighted by Crippen LogP contribution is -1.96. The molecular weight excluding hydrogens is 204 g/mol. The molecular formula is C10H9ClO3. The van der Waals surface area contributed by atoms with Gasteiger partial charge in [-0.3, -0.25) is 4.79 Å². The van der Waals surface area contributed by atoms with E-state index in [4.69, 9.17) is 21.1 Å². The third kappa shape index (κ3) is 1.24. The van der Waals surface area contributed by atoms with E-state index in [0.717, 1.165) is 18.3 Å². The molecule has 0 aromatic heterocycles. The molecule has 1 aliphatic heterocycles.